The number of hydrogen-bond acceptors (Lipinski definition) is 5. The highest BCUT2D eigenvalue weighted by Gasteiger charge is 2.23. The summed E-state index contributed by atoms with van der Waals surface area (Å²) in [5.41, 5.74) is 3.41. The zero-order chi connectivity index (χ0) is 21.8. The van der Waals surface area contributed by atoms with E-state index in [1.165, 1.54) is 5.56 Å². The monoisotopic (exact) mass is 457 g/mol. The summed E-state index contributed by atoms with van der Waals surface area (Å²) in [6.45, 7) is 5.32. The summed E-state index contributed by atoms with van der Waals surface area (Å²) in [7, 11) is 0. The van der Waals surface area contributed by atoms with E-state index < -0.39 is 0 Å². The molecule has 0 saturated carbocycles. The summed E-state index contributed by atoms with van der Waals surface area (Å²) < 4.78 is 5.39. The van der Waals surface area contributed by atoms with Crippen molar-refractivity contribution in [2.24, 2.45) is 0 Å². The van der Waals surface area contributed by atoms with Crippen molar-refractivity contribution in [3.63, 3.8) is 0 Å². The van der Waals surface area contributed by atoms with E-state index in [9.17, 15) is 9.59 Å². The third-order valence-electron chi connectivity index (χ3n) is 5.32. The Balaban J connectivity index is 1.39. The smallest absolute Gasteiger partial charge is 0.291 e. The Bertz CT molecular complexity index is 1020. The number of carbonyl (C=O) groups excluding carboxylic acids is 2. The fourth-order valence-electron chi connectivity index (χ4n) is 3.67. The number of anilines is 2. The summed E-state index contributed by atoms with van der Waals surface area (Å²) >= 11 is 7.71. The van der Waals surface area contributed by atoms with Crippen molar-refractivity contribution < 1.29 is 14.3 Å². The van der Waals surface area contributed by atoms with Gasteiger partial charge in [0.2, 0.25) is 0 Å². The molecule has 2 aromatic carbocycles. The van der Waals surface area contributed by atoms with Crippen LogP contribution in [-0.2, 0) is 9.53 Å². The number of carbonyl (C=O) groups is 2. The minimum Gasteiger partial charge on any atom is -0.487 e. The highest BCUT2D eigenvalue weighted by atomic mass is 35.5. The molecular formula is C23H24ClN3O3S. The molecule has 8 heteroatoms. The van der Waals surface area contributed by atoms with E-state index >= 15 is 0 Å². The SMILES string of the molecule is Cc1ccc(Cl)cc1N1CCN(C(=O)c2cccc(NC(=O)C3=CSCCO3)c2)CC1. The lowest BCUT2D eigenvalue weighted by Crippen LogP contribution is -2.49. The molecule has 2 heterocycles. The average molecular weight is 458 g/mol. The quantitative estimate of drug-likeness (QED) is 0.747. The van der Waals surface area contributed by atoms with Gasteiger partial charge < -0.3 is 19.9 Å². The molecule has 2 aliphatic heterocycles. The van der Waals surface area contributed by atoms with Crippen molar-refractivity contribution in [1.29, 1.82) is 0 Å². The standard InChI is InChI=1S/C23H24ClN3O3S/c1-16-5-6-18(24)14-20(16)26-7-9-27(10-8-26)23(29)17-3-2-4-19(13-17)25-22(28)21-15-31-12-11-30-21/h2-6,13-15H,7-12H2,1H3,(H,25,28). The first-order chi connectivity index (χ1) is 15.0. The van der Waals surface area contributed by atoms with E-state index in [2.05, 4.69) is 17.1 Å². The summed E-state index contributed by atoms with van der Waals surface area (Å²) in [6.07, 6.45) is 0. The molecule has 0 aromatic heterocycles. The molecule has 0 atom stereocenters. The molecule has 1 saturated heterocycles. The van der Waals surface area contributed by atoms with Gasteiger partial charge in [-0.15, -0.1) is 11.8 Å². The zero-order valence-corrected chi connectivity index (χ0v) is 18.8. The van der Waals surface area contributed by atoms with Gasteiger partial charge in [0.1, 0.15) is 0 Å². The molecule has 0 aliphatic carbocycles. The fourth-order valence-corrected chi connectivity index (χ4v) is 4.46. The highest BCUT2D eigenvalue weighted by Crippen LogP contribution is 2.26. The van der Waals surface area contributed by atoms with Crippen LogP contribution in [0.3, 0.4) is 0 Å². The Labute approximate surface area is 191 Å². The van der Waals surface area contributed by atoms with Crippen molar-refractivity contribution in [2.75, 3.05) is 48.8 Å². The maximum absolute atomic E-state index is 13.0. The van der Waals surface area contributed by atoms with Crippen LogP contribution < -0.4 is 10.2 Å². The molecule has 6 nitrogen and oxygen atoms in total. The minimum absolute atomic E-state index is 0.0396. The number of nitrogens with one attached hydrogen (secondary N) is 1. The number of aryl methyl sites for hydroxylation is 1. The number of benzene rings is 2. The average Bonchev–Trinajstić information content (AvgIpc) is 2.81. The topological polar surface area (TPSA) is 61.9 Å². The predicted octanol–water partition coefficient (Wildman–Crippen LogP) is 4.15. The van der Waals surface area contributed by atoms with Gasteiger partial charge in [-0.1, -0.05) is 23.7 Å². The van der Waals surface area contributed by atoms with Gasteiger partial charge in [0.05, 0.1) is 6.61 Å². The van der Waals surface area contributed by atoms with Crippen LogP contribution in [0.4, 0.5) is 11.4 Å². The van der Waals surface area contributed by atoms with Gasteiger partial charge in [0.15, 0.2) is 5.76 Å². The molecule has 162 valence electrons. The second kappa shape index (κ2) is 9.66. The number of hydrogen-bond donors (Lipinski definition) is 1. The molecule has 1 fully saturated rings. The van der Waals surface area contributed by atoms with Crippen molar-refractivity contribution in [2.45, 2.75) is 6.92 Å². The van der Waals surface area contributed by atoms with E-state index in [1.807, 2.05) is 23.1 Å². The van der Waals surface area contributed by atoms with Crippen LogP contribution in [0.2, 0.25) is 5.02 Å². The van der Waals surface area contributed by atoms with Gasteiger partial charge in [-0.3, -0.25) is 9.59 Å². The number of piperazine rings is 1. The number of amides is 2. The molecule has 31 heavy (non-hydrogen) atoms. The van der Waals surface area contributed by atoms with Crippen LogP contribution in [0.5, 0.6) is 0 Å². The van der Waals surface area contributed by atoms with Crippen LogP contribution >= 0.6 is 23.4 Å². The summed E-state index contributed by atoms with van der Waals surface area (Å²) in [5.74, 6) is 0.801. The molecule has 0 spiro atoms. The van der Waals surface area contributed by atoms with Crippen LogP contribution in [0, 0.1) is 6.92 Å². The molecule has 0 radical (unpaired) electrons. The Morgan fingerprint density at radius 3 is 2.65 bits per heavy atom. The lowest BCUT2D eigenvalue weighted by atomic mass is 10.1. The lowest BCUT2D eigenvalue weighted by molar-refractivity contribution is -0.116. The van der Waals surface area contributed by atoms with Crippen molar-refractivity contribution >= 4 is 46.6 Å². The normalized spacial score (nSPS) is 16.4. The second-order valence-electron chi connectivity index (χ2n) is 7.45. The minimum atomic E-state index is -0.303. The van der Waals surface area contributed by atoms with E-state index in [-0.39, 0.29) is 11.8 Å². The van der Waals surface area contributed by atoms with E-state index in [4.69, 9.17) is 16.3 Å². The van der Waals surface area contributed by atoms with Gasteiger partial charge >= 0.3 is 0 Å². The van der Waals surface area contributed by atoms with E-state index in [0.717, 1.165) is 24.5 Å². The van der Waals surface area contributed by atoms with Gasteiger partial charge in [-0.2, -0.15) is 0 Å². The van der Waals surface area contributed by atoms with Gasteiger partial charge in [0.25, 0.3) is 11.8 Å². The van der Waals surface area contributed by atoms with Crippen LogP contribution in [-0.4, -0.2) is 55.3 Å². The Hall–Kier alpha value is -2.64. The predicted molar refractivity (Wildman–Crippen MR) is 126 cm³/mol. The molecule has 2 aromatic rings. The van der Waals surface area contributed by atoms with Crippen LogP contribution in [0.1, 0.15) is 15.9 Å². The first kappa shape index (κ1) is 21.6. The molecule has 4 rings (SSSR count). The molecule has 1 N–H and O–H groups in total. The molecule has 0 unspecified atom stereocenters. The molecule has 0 bridgehead atoms. The number of thioether (sulfide) groups is 1. The van der Waals surface area contributed by atoms with Gasteiger partial charge in [0, 0.05) is 59.3 Å². The maximum atomic E-state index is 13.0. The third-order valence-corrected chi connectivity index (χ3v) is 6.34. The lowest BCUT2D eigenvalue weighted by Gasteiger charge is -2.37. The zero-order valence-electron chi connectivity index (χ0n) is 17.3. The van der Waals surface area contributed by atoms with Crippen molar-refractivity contribution in [1.82, 2.24) is 4.90 Å². The highest BCUT2D eigenvalue weighted by molar-refractivity contribution is 8.02. The largest absolute Gasteiger partial charge is 0.487 e. The second-order valence-corrected chi connectivity index (χ2v) is 8.86. The maximum Gasteiger partial charge on any atom is 0.291 e. The van der Waals surface area contributed by atoms with Crippen molar-refractivity contribution in [3.8, 4) is 0 Å². The number of ether oxygens (including phenoxy) is 1. The molecule has 2 amide bonds. The Morgan fingerprint density at radius 1 is 1.10 bits per heavy atom. The number of rotatable bonds is 4. The first-order valence-corrected chi connectivity index (χ1v) is 11.6. The van der Waals surface area contributed by atoms with Gasteiger partial charge in [-0.25, -0.2) is 0 Å². The van der Waals surface area contributed by atoms with E-state index in [0.29, 0.717) is 41.7 Å². The number of nitrogens with zero attached hydrogens (tertiary/aromatic N) is 2. The van der Waals surface area contributed by atoms with Crippen LogP contribution in [0.25, 0.3) is 0 Å². The van der Waals surface area contributed by atoms with Gasteiger partial charge in [-0.05, 0) is 42.8 Å². The third kappa shape index (κ3) is 5.17. The molecular weight excluding hydrogens is 434 g/mol. The Morgan fingerprint density at radius 2 is 1.90 bits per heavy atom. The summed E-state index contributed by atoms with van der Waals surface area (Å²) in [6, 6.07) is 12.9. The Kier molecular flexibility index (Phi) is 6.73. The fraction of sp³-hybridized carbons (Fsp3) is 0.304. The summed E-state index contributed by atoms with van der Waals surface area (Å²) in [5, 5.41) is 5.24. The first-order valence-electron chi connectivity index (χ1n) is 10.2. The number of halogens is 1. The van der Waals surface area contributed by atoms with Crippen molar-refractivity contribution in [3.05, 3.63) is 69.8 Å². The summed E-state index contributed by atoms with van der Waals surface area (Å²) in [4.78, 5) is 29.5. The molecule has 2 aliphatic rings. The van der Waals surface area contributed by atoms with Crippen LogP contribution in [0.15, 0.2) is 53.6 Å². The van der Waals surface area contributed by atoms with E-state index in [1.54, 1.807) is 41.4 Å².